The number of esters is 2. The normalized spacial score (nSPS) is 17.5. The highest BCUT2D eigenvalue weighted by Gasteiger charge is 2.45. The molecule has 4 atom stereocenters. The molecule has 0 saturated carbocycles. The first-order valence-corrected chi connectivity index (χ1v) is 30.4. The van der Waals surface area contributed by atoms with Gasteiger partial charge in [-0.05, 0) is 138 Å². The molecule has 0 aromatic heterocycles. The van der Waals surface area contributed by atoms with Crippen LogP contribution in [0.2, 0.25) is 0 Å². The molecule has 452 valence electrons. The van der Waals surface area contributed by atoms with Crippen LogP contribution in [0.4, 0.5) is 37.7 Å². The van der Waals surface area contributed by atoms with Crippen LogP contribution in [-0.2, 0) is 31.4 Å². The van der Waals surface area contributed by atoms with Crippen LogP contribution >= 0.6 is 23.5 Å². The lowest BCUT2D eigenvalue weighted by Gasteiger charge is -2.42. The quantitative estimate of drug-likeness (QED) is 0.0298. The molecule has 14 nitrogen and oxygen atoms in total. The van der Waals surface area contributed by atoms with Crippen molar-refractivity contribution in [2.75, 3.05) is 87.0 Å². The van der Waals surface area contributed by atoms with E-state index < -0.39 is 59.5 Å². The van der Waals surface area contributed by atoms with Crippen LogP contribution in [0, 0.1) is 28.6 Å². The van der Waals surface area contributed by atoms with Crippen LogP contribution in [0.1, 0.15) is 125 Å². The smallest absolute Gasteiger partial charge is 0.416 e. The lowest BCUT2D eigenvalue weighted by molar-refractivity contribution is -0.149. The van der Waals surface area contributed by atoms with Gasteiger partial charge in [0, 0.05) is 60.8 Å². The Morgan fingerprint density at radius 3 is 1.62 bits per heavy atom. The number of allylic oxidation sites excluding steroid dienone is 1. The summed E-state index contributed by atoms with van der Waals surface area (Å²) in [7, 11) is 0. The fraction of sp³-hybridized carbons (Fsp3) is 0.484. The van der Waals surface area contributed by atoms with Crippen molar-refractivity contribution in [3.8, 4) is 12.1 Å². The van der Waals surface area contributed by atoms with E-state index in [1.165, 1.54) is 35.7 Å². The summed E-state index contributed by atoms with van der Waals surface area (Å²) in [5.74, 6) is -0.836. The van der Waals surface area contributed by atoms with Crippen molar-refractivity contribution >= 4 is 57.2 Å². The highest BCUT2D eigenvalue weighted by molar-refractivity contribution is 8.14. The number of carbonyl (C=O) groups excluding carboxylic acids is 2. The van der Waals surface area contributed by atoms with Gasteiger partial charge in [0.15, 0.2) is 10.3 Å². The number of thioether (sulfide) groups is 2. The number of rotatable bonds is 29. The maximum Gasteiger partial charge on any atom is 0.416 e. The molecule has 0 bridgehead atoms. The largest absolute Gasteiger partial charge is 0.466 e. The average Bonchev–Trinajstić information content (AvgIpc) is 1.74. The second kappa shape index (κ2) is 32.8. The van der Waals surface area contributed by atoms with Crippen LogP contribution in [0.3, 0.4) is 0 Å². The van der Waals surface area contributed by atoms with E-state index in [1.54, 1.807) is 98.2 Å². The van der Waals surface area contributed by atoms with Gasteiger partial charge < -0.3 is 24.6 Å². The predicted molar refractivity (Wildman–Crippen MR) is 318 cm³/mol. The fourth-order valence-corrected chi connectivity index (χ4v) is 12.5. The van der Waals surface area contributed by atoms with E-state index in [1.807, 2.05) is 0 Å². The standard InChI is InChI=1S/C62H74F6N8O6S2/c1-5-81-57(79)53-43(3)75(51-19-15-17-49(39-51)61(63,64)65)59(71-55(53)47-25-21-45(41-69)22-26-47)83-37-13-9-7-11-29-73(33-35-77)31-32-74(34-36-78)30-12-8-10-14-38-84-60-72-56(48-27-23-46(42-70)24-28-48)54(58(80)82-6-2)44(4)76(60)52-20-16-18-50(40-52)62(66,67)68/h15-28,39-40,43,53,55-56,77-78H,5-14,29-38H2,1-4H3. The molecule has 0 amide bonds. The maximum atomic E-state index is 14.0. The van der Waals surface area contributed by atoms with E-state index in [0.717, 1.165) is 88.7 Å². The van der Waals surface area contributed by atoms with Crippen LogP contribution < -0.4 is 9.80 Å². The maximum absolute atomic E-state index is 14.0. The Hall–Kier alpha value is -6.40. The number of amidine groups is 2. The molecular formula is C62H74F6N8O6S2. The van der Waals surface area contributed by atoms with Crippen molar-refractivity contribution in [1.29, 1.82) is 10.5 Å². The molecule has 84 heavy (non-hydrogen) atoms. The molecule has 0 fully saturated rings. The molecule has 4 unspecified atom stereocenters. The third-order valence-electron chi connectivity index (χ3n) is 14.6. The first-order valence-electron chi connectivity index (χ1n) is 28.4. The zero-order valence-electron chi connectivity index (χ0n) is 47.9. The van der Waals surface area contributed by atoms with E-state index in [9.17, 15) is 56.7 Å². The van der Waals surface area contributed by atoms with Gasteiger partial charge in [0.05, 0.1) is 72.4 Å². The van der Waals surface area contributed by atoms with Crippen molar-refractivity contribution < 1.29 is 55.6 Å². The van der Waals surface area contributed by atoms with E-state index in [0.29, 0.717) is 76.0 Å². The summed E-state index contributed by atoms with van der Waals surface area (Å²) >= 11 is 2.81. The van der Waals surface area contributed by atoms with Crippen molar-refractivity contribution in [2.45, 2.75) is 110 Å². The van der Waals surface area contributed by atoms with Gasteiger partial charge in [-0.25, -0.2) is 9.79 Å². The van der Waals surface area contributed by atoms with Crippen LogP contribution in [0.15, 0.2) is 118 Å². The SMILES string of the molecule is CCOC(=O)C1=C(C)N(c2cccc(C(F)(F)F)c2)C(SCCCCCCN(CCO)CCN(CCO)CCCCCCSC2=NC(c3ccc(C#N)cc3)C(C(=O)OCC)C(C)N2c2cccc(C(F)(F)F)c2)=NC1c1ccc(C#N)cc1. The first kappa shape index (κ1) is 66.7. The van der Waals surface area contributed by atoms with E-state index >= 15 is 0 Å². The van der Waals surface area contributed by atoms with Crippen LogP contribution in [0.5, 0.6) is 0 Å². The monoisotopic (exact) mass is 1200 g/mol. The Kier molecular flexibility index (Phi) is 26.0. The van der Waals surface area contributed by atoms with Gasteiger partial charge in [0.2, 0.25) is 0 Å². The number of ether oxygens (including phenoxy) is 2. The number of aliphatic hydroxyl groups is 2. The zero-order valence-corrected chi connectivity index (χ0v) is 49.5. The third kappa shape index (κ3) is 18.6. The Morgan fingerprint density at radius 1 is 0.631 bits per heavy atom. The Labute approximate surface area is 497 Å². The molecule has 4 aromatic carbocycles. The lowest BCUT2D eigenvalue weighted by atomic mass is 9.85. The number of anilines is 2. The van der Waals surface area contributed by atoms with Gasteiger partial charge in [-0.2, -0.15) is 36.9 Å². The molecule has 4 aromatic rings. The minimum atomic E-state index is -4.60. The average molecular weight is 1210 g/mol. The number of aliphatic imine (C=N–C) groups is 2. The predicted octanol–water partition coefficient (Wildman–Crippen LogP) is 12.6. The summed E-state index contributed by atoms with van der Waals surface area (Å²) < 4.78 is 95.0. The Morgan fingerprint density at radius 2 is 1.12 bits per heavy atom. The molecule has 2 aliphatic heterocycles. The Balaban J connectivity index is 1.01. The summed E-state index contributed by atoms with van der Waals surface area (Å²) in [6.45, 7) is 10.8. The number of nitriles is 2. The molecule has 22 heteroatoms. The van der Waals surface area contributed by atoms with Gasteiger partial charge in [0.1, 0.15) is 12.0 Å². The molecule has 2 heterocycles. The van der Waals surface area contributed by atoms with Crippen molar-refractivity contribution in [3.05, 3.63) is 142 Å². The number of aliphatic hydroxyl groups excluding tert-OH is 2. The molecule has 0 aliphatic carbocycles. The van der Waals surface area contributed by atoms with E-state index in [2.05, 4.69) is 21.9 Å². The minimum absolute atomic E-state index is 0.0132. The zero-order chi connectivity index (χ0) is 60.8. The van der Waals surface area contributed by atoms with Gasteiger partial charge in [0.25, 0.3) is 0 Å². The second-order valence-corrected chi connectivity index (χ2v) is 22.5. The van der Waals surface area contributed by atoms with E-state index in [-0.39, 0.29) is 43.4 Å². The van der Waals surface area contributed by atoms with Crippen LogP contribution in [0.25, 0.3) is 0 Å². The van der Waals surface area contributed by atoms with Crippen LogP contribution in [-0.4, -0.2) is 126 Å². The highest BCUT2D eigenvalue weighted by Crippen LogP contribution is 2.44. The topological polar surface area (TPSA) is 178 Å². The summed E-state index contributed by atoms with van der Waals surface area (Å²) in [5.41, 5.74) is 1.51. The molecular weight excluding hydrogens is 1130 g/mol. The second-order valence-electron chi connectivity index (χ2n) is 20.3. The third-order valence-corrected chi connectivity index (χ3v) is 16.7. The lowest BCUT2D eigenvalue weighted by Crippen LogP contribution is -2.51. The first-order chi connectivity index (χ1) is 40.4. The number of hydrogen-bond donors (Lipinski definition) is 2. The molecule has 6 rings (SSSR count). The summed E-state index contributed by atoms with van der Waals surface area (Å²) in [6.07, 6.45) is -2.44. The number of halogens is 6. The number of unbranched alkanes of at least 4 members (excludes halogenated alkanes) is 6. The van der Waals surface area contributed by atoms with Gasteiger partial charge in [-0.1, -0.05) is 85.6 Å². The van der Waals surface area contributed by atoms with Crippen molar-refractivity contribution in [1.82, 2.24) is 9.80 Å². The fourth-order valence-electron chi connectivity index (χ4n) is 10.3. The van der Waals surface area contributed by atoms with Gasteiger partial charge in [-0.15, -0.1) is 0 Å². The van der Waals surface area contributed by atoms with Crippen molar-refractivity contribution in [2.24, 2.45) is 15.9 Å². The molecule has 2 aliphatic rings. The van der Waals surface area contributed by atoms with Gasteiger partial charge >= 0.3 is 24.3 Å². The van der Waals surface area contributed by atoms with E-state index in [4.69, 9.17) is 19.5 Å². The minimum Gasteiger partial charge on any atom is -0.466 e. The Bertz CT molecular complexity index is 2930. The summed E-state index contributed by atoms with van der Waals surface area (Å²) in [4.78, 5) is 44.9. The molecule has 2 N–H and O–H groups in total. The number of hydrogen-bond acceptors (Lipinski definition) is 16. The summed E-state index contributed by atoms with van der Waals surface area (Å²) in [5, 5.41) is 39.7. The summed E-state index contributed by atoms with van der Waals surface area (Å²) in [6, 6.07) is 25.4. The molecule has 0 radical (unpaired) electrons. The molecule has 0 spiro atoms. The number of carbonyl (C=O) groups is 2. The number of benzene rings is 4. The van der Waals surface area contributed by atoms with Gasteiger partial charge in [-0.3, -0.25) is 24.5 Å². The highest BCUT2D eigenvalue weighted by atomic mass is 32.2. The number of nitrogens with zero attached hydrogens (tertiary/aromatic N) is 8. The van der Waals surface area contributed by atoms with Crippen molar-refractivity contribution in [3.63, 3.8) is 0 Å². The molecule has 0 saturated heterocycles. The number of alkyl halides is 6.